The van der Waals surface area contributed by atoms with Crippen molar-refractivity contribution in [1.82, 2.24) is 9.62 Å². The number of benzene rings is 1. The minimum Gasteiger partial charge on any atom is -0.495 e. The third-order valence-electron chi connectivity index (χ3n) is 5.44. The molecule has 0 bridgehead atoms. The number of amides is 2. The predicted octanol–water partition coefficient (Wildman–Crippen LogP) is 1.75. The van der Waals surface area contributed by atoms with E-state index in [1.54, 1.807) is 0 Å². The Balaban J connectivity index is 1.66. The van der Waals surface area contributed by atoms with Crippen molar-refractivity contribution in [3.63, 3.8) is 0 Å². The minimum absolute atomic E-state index is 0.00685. The van der Waals surface area contributed by atoms with E-state index in [-0.39, 0.29) is 41.0 Å². The summed E-state index contributed by atoms with van der Waals surface area (Å²) in [6, 6.07) is 4.22. The van der Waals surface area contributed by atoms with Crippen molar-refractivity contribution in [3.8, 4) is 5.75 Å². The molecule has 29 heavy (non-hydrogen) atoms. The molecule has 2 amide bonds. The van der Waals surface area contributed by atoms with Crippen LogP contribution in [0.4, 0.5) is 5.69 Å². The maximum absolute atomic E-state index is 12.7. The van der Waals surface area contributed by atoms with Crippen LogP contribution in [-0.2, 0) is 19.6 Å². The van der Waals surface area contributed by atoms with Crippen LogP contribution in [0.2, 0.25) is 0 Å². The summed E-state index contributed by atoms with van der Waals surface area (Å²) < 4.78 is 33.3. The smallest absolute Gasteiger partial charge is 0.240 e. The average Bonchev–Trinajstić information content (AvgIpc) is 3.03. The molecule has 0 aliphatic carbocycles. The molecule has 0 spiro atoms. The Bertz CT molecular complexity index is 855. The summed E-state index contributed by atoms with van der Waals surface area (Å²) in [4.78, 5) is 27.5. The lowest BCUT2D eigenvalue weighted by atomic mass is 10.0. The highest BCUT2D eigenvalue weighted by Gasteiger charge is 2.33. The zero-order valence-electron chi connectivity index (χ0n) is 17.0. The molecule has 0 aromatic heterocycles. The van der Waals surface area contributed by atoms with Gasteiger partial charge in [-0.05, 0) is 56.5 Å². The van der Waals surface area contributed by atoms with Crippen molar-refractivity contribution >= 4 is 27.5 Å². The van der Waals surface area contributed by atoms with Gasteiger partial charge >= 0.3 is 0 Å². The lowest BCUT2D eigenvalue weighted by Gasteiger charge is -2.30. The molecule has 2 aliphatic heterocycles. The van der Waals surface area contributed by atoms with Crippen LogP contribution >= 0.6 is 0 Å². The minimum atomic E-state index is -3.76. The van der Waals surface area contributed by atoms with Crippen LogP contribution in [-0.4, -0.2) is 58.4 Å². The first kappa shape index (κ1) is 21.7. The van der Waals surface area contributed by atoms with E-state index < -0.39 is 10.0 Å². The number of carbonyl (C=O) groups excluding carboxylic acids is 2. The van der Waals surface area contributed by atoms with E-state index in [2.05, 4.69) is 16.5 Å². The number of likely N-dealkylation sites (tertiary alicyclic amines) is 1. The van der Waals surface area contributed by atoms with E-state index in [1.165, 1.54) is 38.2 Å². The Labute approximate surface area is 172 Å². The van der Waals surface area contributed by atoms with E-state index in [1.807, 2.05) is 0 Å². The van der Waals surface area contributed by atoms with Crippen molar-refractivity contribution in [1.29, 1.82) is 0 Å². The van der Waals surface area contributed by atoms with E-state index in [0.717, 1.165) is 31.0 Å². The summed E-state index contributed by atoms with van der Waals surface area (Å²) in [7, 11) is -2.34. The summed E-state index contributed by atoms with van der Waals surface area (Å²) in [5, 5.41) is 0. The molecule has 9 heteroatoms. The maximum Gasteiger partial charge on any atom is 0.240 e. The molecule has 3 rings (SSSR count). The first-order valence-corrected chi connectivity index (χ1v) is 11.6. The van der Waals surface area contributed by atoms with Gasteiger partial charge in [0, 0.05) is 25.9 Å². The molecule has 160 valence electrons. The molecule has 8 nitrogen and oxygen atoms in total. The molecule has 1 unspecified atom stereocenters. The van der Waals surface area contributed by atoms with Crippen molar-refractivity contribution in [3.05, 3.63) is 18.2 Å². The molecule has 0 saturated carbocycles. The van der Waals surface area contributed by atoms with E-state index in [9.17, 15) is 18.0 Å². The SMILES string of the molecule is COc1ccc(S(=O)(=O)NCCCN2CCCC(C)C2)cc1N1C(=O)CCC1=O. The third kappa shape index (κ3) is 5.15. The standard InChI is InChI=1S/C20H29N3O5S/c1-15-5-3-11-22(14-15)12-4-10-21-29(26,27)16-6-7-18(28-2)17(13-16)23-19(24)8-9-20(23)25/h6-7,13,15,21H,3-5,8-12,14H2,1-2H3. The fraction of sp³-hybridized carbons (Fsp3) is 0.600. The summed E-state index contributed by atoms with van der Waals surface area (Å²) in [6.45, 7) is 5.56. The zero-order chi connectivity index (χ0) is 21.0. The molecule has 2 saturated heterocycles. The van der Waals surface area contributed by atoms with Crippen LogP contribution in [0, 0.1) is 5.92 Å². The third-order valence-corrected chi connectivity index (χ3v) is 6.90. The van der Waals surface area contributed by atoms with Crippen LogP contribution in [0.25, 0.3) is 0 Å². The largest absolute Gasteiger partial charge is 0.495 e. The molecular weight excluding hydrogens is 394 g/mol. The second-order valence-electron chi connectivity index (χ2n) is 7.76. The van der Waals surface area contributed by atoms with Gasteiger partial charge in [-0.3, -0.25) is 9.59 Å². The van der Waals surface area contributed by atoms with E-state index in [4.69, 9.17) is 4.74 Å². The maximum atomic E-state index is 12.7. The van der Waals surface area contributed by atoms with Crippen LogP contribution < -0.4 is 14.4 Å². The lowest BCUT2D eigenvalue weighted by molar-refractivity contribution is -0.121. The number of carbonyl (C=O) groups is 2. The molecule has 2 aliphatic rings. The number of hydrogen-bond acceptors (Lipinski definition) is 6. The highest BCUT2D eigenvalue weighted by atomic mass is 32.2. The molecule has 2 fully saturated rings. The van der Waals surface area contributed by atoms with Gasteiger partial charge in [0.15, 0.2) is 0 Å². The zero-order valence-corrected chi connectivity index (χ0v) is 17.8. The summed E-state index contributed by atoms with van der Waals surface area (Å²) in [5.74, 6) is 0.263. The number of hydrogen-bond donors (Lipinski definition) is 1. The van der Waals surface area contributed by atoms with Gasteiger partial charge in [0.1, 0.15) is 5.75 Å². The van der Waals surface area contributed by atoms with E-state index in [0.29, 0.717) is 12.5 Å². The second kappa shape index (κ2) is 9.23. The summed E-state index contributed by atoms with van der Waals surface area (Å²) >= 11 is 0. The fourth-order valence-corrected chi connectivity index (χ4v) is 5.03. The quantitative estimate of drug-likeness (QED) is 0.506. The van der Waals surface area contributed by atoms with Crippen LogP contribution in [0.3, 0.4) is 0 Å². The van der Waals surface area contributed by atoms with Crippen molar-refractivity contribution in [2.24, 2.45) is 5.92 Å². The van der Waals surface area contributed by atoms with Crippen molar-refractivity contribution in [2.75, 3.05) is 38.2 Å². The monoisotopic (exact) mass is 423 g/mol. The van der Waals surface area contributed by atoms with Gasteiger partial charge in [-0.15, -0.1) is 0 Å². The molecule has 1 N–H and O–H groups in total. The number of nitrogens with one attached hydrogen (secondary N) is 1. The Hall–Kier alpha value is -1.97. The lowest BCUT2D eigenvalue weighted by Crippen LogP contribution is -2.36. The Kier molecular flexibility index (Phi) is 6.92. The van der Waals surface area contributed by atoms with Gasteiger partial charge in [-0.1, -0.05) is 6.92 Å². The number of imide groups is 1. The van der Waals surface area contributed by atoms with Gasteiger partial charge in [-0.2, -0.15) is 0 Å². The van der Waals surface area contributed by atoms with Gasteiger partial charge < -0.3 is 9.64 Å². The average molecular weight is 424 g/mol. The second-order valence-corrected chi connectivity index (χ2v) is 9.52. The predicted molar refractivity (Wildman–Crippen MR) is 109 cm³/mol. The van der Waals surface area contributed by atoms with Crippen LogP contribution in [0.5, 0.6) is 5.75 Å². The number of anilines is 1. The first-order valence-electron chi connectivity index (χ1n) is 10.1. The normalized spacial score (nSPS) is 21.0. The fourth-order valence-electron chi connectivity index (χ4n) is 3.94. The molecule has 2 heterocycles. The highest BCUT2D eigenvalue weighted by Crippen LogP contribution is 2.34. The topological polar surface area (TPSA) is 96.0 Å². The molecule has 1 aromatic carbocycles. The van der Waals surface area contributed by atoms with Crippen LogP contribution in [0.15, 0.2) is 23.1 Å². The number of sulfonamides is 1. The van der Waals surface area contributed by atoms with Crippen molar-refractivity contribution in [2.45, 2.75) is 43.9 Å². The number of piperidine rings is 1. The molecular formula is C20H29N3O5S. The van der Waals surface area contributed by atoms with Gasteiger partial charge in [0.25, 0.3) is 0 Å². The Morgan fingerprint density at radius 2 is 1.93 bits per heavy atom. The Morgan fingerprint density at radius 1 is 1.21 bits per heavy atom. The summed E-state index contributed by atoms with van der Waals surface area (Å²) in [6.07, 6.45) is 3.40. The first-order chi connectivity index (χ1) is 13.8. The highest BCUT2D eigenvalue weighted by molar-refractivity contribution is 7.89. The number of rotatable bonds is 8. The molecule has 1 atom stereocenters. The summed E-state index contributed by atoms with van der Waals surface area (Å²) in [5.41, 5.74) is 0.171. The number of methoxy groups -OCH3 is 1. The van der Waals surface area contributed by atoms with Crippen molar-refractivity contribution < 1.29 is 22.7 Å². The van der Waals surface area contributed by atoms with Gasteiger partial charge in [0.05, 0.1) is 17.7 Å². The van der Waals surface area contributed by atoms with Gasteiger partial charge in [-0.25, -0.2) is 18.0 Å². The number of ether oxygens (including phenoxy) is 1. The Morgan fingerprint density at radius 3 is 2.59 bits per heavy atom. The van der Waals surface area contributed by atoms with Crippen LogP contribution in [0.1, 0.15) is 39.0 Å². The number of nitrogens with zero attached hydrogens (tertiary/aromatic N) is 2. The van der Waals surface area contributed by atoms with Gasteiger partial charge in [0.2, 0.25) is 21.8 Å². The van der Waals surface area contributed by atoms with E-state index >= 15 is 0 Å². The molecule has 1 aromatic rings. The molecule has 0 radical (unpaired) electrons.